The second kappa shape index (κ2) is 4.31. The maximum atomic E-state index is 13.3. The van der Waals surface area contributed by atoms with E-state index >= 15 is 0 Å². The summed E-state index contributed by atoms with van der Waals surface area (Å²) in [7, 11) is 0. The molecule has 0 spiro atoms. The second-order valence-corrected chi connectivity index (χ2v) is 4.29. The van der Waals surface area contributed by atoms with Crippen molar-refractivity contribution in [1.29, 1.82) is 0 Å². The molecule has 2 N–H and O–H groups in total. The summed E-state index contributed by atoms with van der Waals surface area (Å²) in [5, 5.41) is 10.3. The lowest BCUT2D eigenvalue weighted by atomic mass is 10.1. The number of pyridine rings is 2. The summed E-state index contributed by atoms with van der Waals surface area (Å²) in [5.74, 6) is 0.539. The third kappa shape index (κ3) is 2.01. The fourth-order valence-corrected chi connectivity index (χ4v) is 1.78. The lowest BCUT2D eigenvalue weighted by Crippen LogP contribution is -1.98. The molecule has 0 atom stereocenters. The number of hydrogen-bond donors (Lipinski definition) is 2. The quantitative estimate of drug-likeness (QED) is 0.741. The molecule has 19 heavy (non-hydrogen) atoms. The molecule has 0 fully saturated rings. The average Bonchev–Trinajstić information content (AvgIpc) is 2.78. The van der Waals surface area contributed by atoms with Crippen molar-refractivity contribution in [3.8, 4) is 0 Å². The topological polar surface area (TPSA) is 66.5 Å². The van der Waals surface area contributed by atoms with Crippen LogP contribution in [0.25, 0.3) is 11.0 Å². The summed E-state index contributed by atoms with van der Waals surface area (Å²) in [6, 6.07) is 3.03. The minimum absolute atomic E-state index is 0.166. The van der Waals surface area contributed by atoms with E-state index in [4.69, 9.17) is 1.37 Å². The molecule has 0 saturated carbocycles. The van der Waals surface area contributed by atoms with E-state index in [1.165, 1.54) is 6.07 Å². The van der Waals surface area contributed by atoms with Gasteiger partial charge < -0.3 is 5.32 Å². The fraction of sp³-hybridized carbons (Fsp3) is 0.154. The zero-order valence-corrected chi connectivity index (χ0v) is 10.5. The summed E-state index contributed by atoms with van der Waals surface area (Å²) >= 11 is 0. The molecule has 96 valence electrons. The van der Waals surface area contributed by atoms with E-state index in [9.17, 15) is 4.39 Å². The van der Waals surface area contributed by atoms with Crippen LogP contribution in [0.3, 0.4) is 0 Å². The molecule has 0 bridgehead atoms. The molecule has 0 aromatic carbocycles. The molecular weight excluding hydrogens is 245 g/mol. The molecule has 5 nitrogen and oxygen atoms in total. The Morgan fingerprint density at radius 1 is 1.32 bits per heavy atom. The Hall–Kier alpha value is -2.50. The number of aryl methyl sites for hydroxylation is 1. The Balaban J connectivity index is 2.08. The number of rotatable bonds is 2. The Morgan fingerprint density at radius 2 is 2.16 bits per heavy atom. The number of anilines is 2. The number of halogens is 1. The van der Waals surface area contributed by atoms with Crippen LogP contribution in [0.2, 0.25) is 0 Å². The van der Waals surface area contributed by atoms with Gasteiger partial charge in [-0.15, -0.1) is 0 Å². The zero-order chi connectivity index (χ0) is 14.3. The summed E-state index contributed by atoms with van der Waals surface area (Å²) in [6.45, 7) is 3.81. The van der Waals surface area contributed by atoms with Crippen molar-refractivity contribution < 1.29 is 5.76 Å². The Bertz CT molecular complexity index is 799. The van der Waals surface area contributed by atoms with Gasteiger partial charge in [-0.1, -0.05) is 0 Å². The van der Waals surface area contributed by atoms with Crippen LogP contribution in [-0.4, -0.2) is 20.2 Å². The number of nitrogens with one attached hydrogen (secondary N) is 2. The fourth-order valence-electron chi connectivity index (χ4n) is 1.78. The average molecular weight is 258 g/mol. The van der Waals surface area contributed by atoms with Crippen molar-refractivity contribution in [3.05, 3.63) is 41.4 Å². The molecule has 0 aliphatic rings. The molecule has 3 aromatic rings. The molecule has 3 rings (SSSR count). The van der Waals surface area contributed by atoms with Crippen LogP contribution < -0.4 is 5.32 Å². The Kier molecular flexibility index (Phi) is 2.36. The smallest absolute Gasteiger partial charge is 0.163 e. The number of hydrogen-bond acceptors (Lipinski definition) is 4. The first-order valence-corrected chi connectivity index (χ1v) is 5.76. The van der Waals surface area contributed by atoms with E-state index in [0.29, 0.717) is 22.7 Å². The molecule has 0 unspecified atom stereocenters. The first kappa shape index (κ1) is 10.4. The number of H-pyrrole nitrogens is 1. The predicted octanol–water partition coefficient (Wildman–Crippen LogP) is 2.85. The monoisotopic (exact) mass is 258 g/mol. The maximum Gasteiger partial charge on any atom is 0.163 e. The highest BCUT2D eigenvalue weighted by atomic mass is 19.1. The summed E-state index contributed by atoms with van der Waals surface area (Å²) < 4.78 is 20.9. The number of aromatic nitrogens is 4. The minimum atomic E-state index is -0.433. The van der Waals surface area contributed by atoms with Crippen LogP contribution in [-0.2, 0) is 0 Å². The van der Waals surface area contributed by atoms with Crippen LogP contribution >= 0.6 is 0 Å². The van der Waals surface area contributed by atoms with Crippen LogP contribution in [0.5, 0.6) is 0 Å². The first-order valence-electron chi connectivity index (χ1n) is 6.26. The third-order valence-electron chi connectivity index (χ3n) is 3.02. The molecule has 0 saturated heterocycles. The molecular formula is C13H12FN5. The molecule has 6 heteroatoms. The molecule has 0 aliphatic carbocycles. The highest BCUT2D eigenvalue weighted by Crippen LogP contribution is 2.24. The van der Waals surface area contributed by atoms with Crippen molar-refractivity contribution >= 4 is 22.7 Å². The SMILES string of the molecule is [2H]c1cc(C)c(C)c(Nc2n[nH]c3ncc(F)cc23)n1. The largest absolute Gasteiger partial charge is 0.323 e. The van der Waals surface area contributed by atoms with Crippen LogP contribution in [0.15, 0.2) is 24.5 Å². The van der Waals surface area contributed by atoms with Crippen molar-refractivity contribution in [2.24, 2.45) is 0 Å². The van der Waals surface area contributed by atoms with Crippen molar-refractivity contribution in [2.45, 2.75) is 13.8 Å². The van der Waals surface area contributed by atoms with Gasteiger partial charge in [-0.05, 0) is 37.1 Å². The van der Waals surface area contributed by atoms with Gasteiger partial charge in [-0.25, -0.2) is 14.4 Å². The highest BCUT2D eigenvalue weighted by molar-refractivity contribution is 5.88. The van der Waals surface area contributed by atoms with Gasteiger partial charge in [0.25, 0.3) is 0 Å². The summed E-state index contributed by atoms with van der Waals surface area (Å²) in [5.41, 5.74) is 2.36. The third-order valence-corrected chi connectivity index (χ3v) is 3.02. The van der Waals surface area contributed by atoms with Gasteiger partial charge in [0, 0.05) is 6.17 Å². The number of nitrogens with zero attached hydrogens (tertiary/aromatic N) is 3. The van der Waals surface area contributed by atoms with E-state index < -0.39 is 5.82 Å². The van der Waals surface area contributed by atoms with Crippen molar-refractivity contribution in [3.63, 3.8) is 0 Å². The minimum Gasteiger partial charge on any atom is -0.323 e. The summed E-state index contributed by atoms with van der Waals surface area (Å²) in [6.07, 6.45) is 1.29. The van der Waals surface area contributed by atoms with Gasteiger partial charge in [-0.3, -0.25) is 5.10 Å². The molecule has 0 radical (unpaired) electrons. The van der Waals surface area contributed by atoms with E-state index in [0.717, 1.165) is 17.3 Å². The first-order chi connectivity index (χ1) is 9.54. The van der Waals surface area contributed by atoms with E-state index in [-0.39, 0.29) is 6.17 Å². The van der Waals surface area contributed by atoms with Gasteiger partial charge in [-0.2, -0.15) is 5.10 Å². The van der Waals surface area contributed by atoms with Gasteiger partial charge in [0.1, 0.15) is 11.6 Å². The molecule has 3 aromatic heterocycles. The lowest BCUT2D eigenvalue weighted by Gasteiger charge is -2.08. The van der Waals surface area contributed by atoms with Crippen LogP contribution in [0.4, 0.5) is 16.0 Å². The predicted molar refractivity (Wildman–Crippen MR) is 70.8 cm³/mol. The summed E-state index contributed by atoms with van der Waals surface area (Å²) in [4.78, 5) is 8.04. The van der Waals surface area contributed by atoms with Gasteiger partial charge in [0.2, 0.25) is 0 Å². The van der Waals surface area contributed by atoms with Crippen LogP contribution in [0, 0.1) is 19.7 Å². The van der Waals surface area contributed by atoms with Gasteiger partial charge in [0.15, 0.2) is 11.5 Å². The van der Waals surface area contributed by atoms with Crippen molar-refractivity contribution in [1.82, 2.24) is 20.2 Å². The molecule has 0 aliphatic heterocycles. The Labute approximate surface area is 110 Å². The van der Waals surface area contributed by atoms with Gasteiger partial charge in [0.05, 0.1) is 13.0 Å². The Morgan fingerprint density at radius 3 is 3.00 bits per heavy atom. The van der Waals surface area contributed by atoms with Gasteiger partial charge >= 0.3 is 0 Å². The highest BCUT2D eigenvalue weighted by Gasteiger charge is 2.10. The standard InChI is InChI=1S/C13H12FN5/c1-7-3-4-15-11(8(7)2)17-13-10-5-9(14)6-16-12(10)18-19-13/h3-6H,1-2H3,(H2,15,16,17,18,19)/i4D. The molecule has 3 heterocycles. The van der Waals surface area contributed by atoms with E-state index in [1.807, 2.05) is 13.8 Å². The number of aromatic amines is 1. The zero-order valence-electron chi connectivity index (χ0n) is 11.5. The maximum absolute atomic E-state index is 13.3. The van der Waals surface area contributed by atoms with E-state index in [1.54, 1.807) is 6.07 Å². The normalized spacial score (nSPS) is 11.6. The number of fused-ring (bicyclic) bond motifs is 1. The van der Waals surface area contributed by atoms with Crippen molar-refractivity contribution in [2.75, 3.05) is 5.32 Å². The van der Waals surface area contributed by atoms with E-state index in [2.05, 4.69) is 25.5 Å². The lowest BCUT2D eigenvalue weighted by molar-refractivity contribution is 0.624. The second-order valence-electron chi connectivity index (χ2n) is 4.29. The molecule has 0 amide bonds. The van der Waals surface area contributed by atoms with Crippen LogP contribution in [0.1, 0.15) is 12.5 Å².